The van der Waals surface area contributed by atoms with Crippen molar-refractivity contribution in [3.05, 3.63) is 39.5 Å². The highest BCUT2D eigenvalue weighted by molar-refractivity contribution is 14.1. The first-order chi connectivity index (χ1) is 9.15. The van der Waals surface area contributed by atoms with Crippen molar-refractivity contribution in [2.75, 3.05) is 13.7 Å². The van der Waals surface area contributed by atoms with Gasteiger partial charge in [0.1, 0.15) is 0 Å². The molecule has 0 aromatic carbocycles. The minimum Gasteiger partial charge on any atom is -0.504 e. The number of halogens is 1. The van der Waals surface area contributed by atoms with Gasteiger partial charge in [0, 0.05) is 12.4 Å². The van der Waals surface area contributed by atoms with E-state index < -0.39 is 5.97 Å². The lowest BCUT2D eigenvalue weighted by atomic mass is 10.3. The fraction of sp³-hybridized carbons (Fsp3) is 0.231. The van der Waals surface area contributed by atoms with Gasteiger partial charge < -0.3 is 13.9 Å². The molecule has 100 valence electrons. The number of esters is 1. The van der Waals surface area contributed by atoms with Crippen LogP contribution in [0.5, 0.6) is 0 Å². The van der Waals surface area contributed by atoms with E-state index >= 15 is 0 Å². The van der Waals surface area contributed by atoms with Gasteiger partial charge in [-0.2, -0.15) is 0 Å². The third-order valence-electron chi connectivity index (χ3n) is 2.41. The summed E-state index contributed by atoms with van der Waals surface area (Å²) in [4.78, 5) is 15.9. The van der Waals surface area contributed by atoms with Crippen LogP contribution in [0.3, 0.4) is 0 Å². The van der Waals surface area contributed by atoms with Crippen molar-refractivity contribution in [3.8, 4) is 0 Å². The molecule has 0 saturated heterocycles. The average Bonchev–Trinajstić information content (AvgIpc) is 2.81. The summed E-state index contributed by atoms with van der Waals surface area (Å²) in [5.41, 5.74) is 2.01. The summed E-state index contributed by atoms with van der Waals surface area (Å²) in [5.74, 6) is -0.406. The van der Waals surface area contributed by atoms with Gasteiger partial charge in [-0.15, -0.1) is 0 Å². The van der Waals surface area contributed by atoms with E-state index in [2.05, 4.69) is 27.6 Å². The van der Waals surface area contributed by atoms with E-state index in [4.69, 9.17) is 9.47 Å². The number of ether oxygens (including phenoxy) is 2. The second-order valence-corrected chi connectivity index (χ2v) is 4.90. The summed E-state index contributed by atoms with van der Waals surface area (Å²) in [7, 11) is 1.59. The maximum atomic E-state index is 11.6. The Morgan fingerprint density at radius 1 is 1.53 bits per heavy atom. The smallest absolute Gasteiger partial charge is 0.358 e. The van der Waals surface area contributed by atoms with Crippen molar-refractivity contribution in [3.63, 3.8) is 0 Å². The number of carbonyl (C=O) groups excluding carboxylic acids is 1. The van der Waals surface area contributed by atoms with Gasteiger partial charge in [-0.1, -0.05) is 0 Å². The van der Waals surface area contributed by atoms with Crippen LogP contribution in [0, 0.1) is 3.57 Å². The highest BCUT2D eigenvalue weighted by Crippen LogP contribution is 2.17. The highest BCUT2D eigenvalue weighted by atomic mass is 127. The molecule has 2 aromatic heterocycles. The Bertz CT molecular complexity index is 634. The van der Waals surface area contributed by atoms with Gasteiger partial charge >= 0.3 is 5.97 Å². The molecule has 0 aliphatic carbocycles. The maximum Gasteiger partial charge on any atom is 0.358 e. The number of nitrogens with zero attached hydrogens (tertiary/aromatic N) is 2. The molecular weight excluding hydrogens is 359 g/mol. The highest BCUT2D eigenvalue weighted by Gasteiger charge is 2.13. The second kappa shape index (κ2) is 6.05. The Hall–Kier alpha value is -1.57. The first-order valence-corrected chi connectivity index (χ1v) is 6.78. The lowest BCUT2D eigenvalue weighted by Crippen LogP contribution is -2.04. The first kappa shape index (κ1) is 13.9. The molecule has 0 saturated carbocycles. The van der Waals surface area contributed by atoms with Gasteiger partial charge in [-0.05, 0) is 47.2 Å². The Morgan fingerprint density at radius 3 is 3.00 bits per heavy atom. The first-order valence-electron chi connectivity index (χ1n) is 5.70. The average molecular weight is 372 g/mol. The Morgan fingerprint density at radius 2 is 2.32 bits per heavy atom. The summed E-state index contributed by atoms with van der Waals surface area (Å²) >= 11 is 2.18. The van der Waals surface area contributed by atoms with Crippen LogP contribution >= 0.6 is 22.6 Å². The van der Waals surface area contributed by atoms with Crippen LogP contribution in [0.25, 0.3) is 11.7 Å². The van der Waals surface area contributed by atoms with Gasteiger partial charge in [0.2, 0.25) is 0 Å². The van der Waals surface area contributed by atoms with Gasteiger partial charge in [0.05, 0.1) is 23.5 Å². The predicted octanol–water partition coefficient (Wildman–Crippen LogP) is 2.73. The standard InChI is InChI=1S/C13H13IN2O3/c1-3-19-13(17)11-8-16-7-9(4-5-18-2)6-10(14)12(16)15-11/h4-8H,3H2,1-2H3/b5-4+. The number of imidazole rings is 1. The molecule has 19 heavy (non-hydrogen) atoms. The molecule has 6 heteroatoms. The van der Waals surface area contributed by atoms with Crippen LogP contribution in [-0.4, -0.2) is 29.1 Å². The van der Waals surface area contributed by atoms with Gasteiger partial charge in [-0.25, -0.2) is 9.78 Å². The monoisotopic (exact) mass is 372 g/mol. The molecule has 0 fully saturated rings. The number of pyridine rings is 1. The topological polar surface area (TPSA) is 52.8 Å². The van der Waals surface area contributed by atoms with Crippen molar-refractivity contribution in [2.24, 2.45) is 0 Å². The minimum atomic E-state index is -0.406. The number of hydrogen-bond donors (Lipinski definition) is 0. The number of methoxy groups -OCH3 is 1. The van der Waals surface area contributed by atoms with Crippen LogP contribution in [0.1, 0.15) is 23.0 Å². The molecule has 0 unspecified atom stereocenters. The van der Waals surface area contributed by atoms with Crippen LogP contribution in [0.4, 0.5) is 0 Å². The predicted molar refractivity (Wildman–Crippen MR) is 79.9 cm³/mol. The molecule has 0 N–H and O–H groups in total. The lowest BCUT2D eigenvalue weighted by Gasteiger charge is -1.99. The molecule has 5 nitrogen and oxygen atoms in total. The lowest BCUT2D eigenvalue weighted by molar-refractivity contribution is 0.0520. The summed E-state index contributed by atoms with van der Waals surface area (Å²) in [5, 5.41) is 0. The number of fused-ring (bicyclic) bond motifs is 1. The molecule has 2 rings (SSSR count). The van der Waals surface area contributed by atoms with Gasteiger partial charge in [-0.3, -0.25) is 0 Å². The SMILES string of the molecule is CCOC(=O)c1cn2cc(/C=C/OC)cc(I)c2n1. The molecular formula is C13H13IN2O3. The number of hydrogen-bond acceptors (Lipinski definition) is 4. The Balaban J connectivity index is 2.44. The van der Waals surface area contributed by atoms with E-state index in [0.29, 0.717) is 12.3 Å². The van der Waals surface area contributed by atoms with E-state index in [1.165, 1.54) is 0 Å². The molecule has 2 heterocycles. The van der Waals surface area contributed by atoms with Crippen molar-refractivity contribution in [1.29, 1.82) is 0 Å². The third-order valence-corrected chi connectivity index (χ3v) is 3.20. The van der Waals surface area contributed by atoms with E-state index in [-0.39, 0.29) is 0 Å². The maximum absolute atomic E-state index is 11.6. The molecule has 0 atom stereocenters. The van der Waals surface area contributed by atoms with E-state index in [1.54, 1.807) is 26.5 Å². The largest absolute Gasteiger partial charge is 0.504 e. The van der Waals surface area contributed by atoms with Crippen LogP contribution in [-0.2, 0) is 9.47 Å². The second-order valence-electron chi connectivity index (χ2n) is 3.74. The Labute approximate surface area is 124 Å². The van der Waals surface area contributed by atoms with Gasteiger partial charge in [0.15, 0.2) is 11.3 Å². The number of aromatic nitrogens is 2. The van der Waals surface area contributed by atoms with E-state index in [9.17, 15) is 4.79 Å². The van der Waals surface area contributed by atoms with Crippen LogP contribution in [0.2, 0.25) is 0 Å². The van der Waals surface area contributed by atoms with Crippen molar-refractivity contribution in [2.45, 2.75) is 6.92 Å². The van der Waals surface area contributed by atoms with E-state index in [0.717, 1.165) is 14.8 Å². The molecule has 0 bridgehead atoms. The summed E-state index contributed by atoms with van der Waals surface area (Å²) in [6, 6.07) is 1.97. The van der Waals surface area contributed by atoms with Crippen molar-refractivity contribution < 1.29 is 14.3 Å². The quantitative estimate of drug-likeness (QED) is 0.471. The third kappa shape index (κ3) is 3.06. The molecule has 0 spiro atoms. The molecule has 0 amide bonds. The summed E-state index contributed by atoms with van der Waals surface area (Å²) < 4.78 is 12.6. The van der Waals surface area contributed by atoms with Crippen molar-refractivity contribution >= 4 is 40.3 Å². The minimum absolute atomic E-state index is 0.313. The summed E-state index contributed by atoms with van der Waals surface area (Å²) in [6.45, 7) is 2.11. The fourth-order valence-electron chi connectivity index (χ4n) is 1.62. The molecule has 2 aromatic rings. The summed E-state index contributed by atoms with van der Waals surface area (Å²) in [6.07, 6.45) is 6.98. The molecule has 0 aliphatic heterocycles. The molecule has 0 radical (unpaired) electrons. The zero-order valence-electron chi connectivity index (χ0n) is 10.6. The van der Waals surface area contributed by atoms with E-state index in [1.807, 2.05) is 22.7 Å². The normalized spacial score (nSPS) is 11.1. The van der Waals surface area contributed by atoms with Crippen LogP contribution < -0.4 is 0 Å². The van der Waals surface area contributed by atoms with Crippen molar-refractivity contribution in [1.82, 2.24) is 9.38 Å². The number of rotatable bonds is 4. The fourth-order valence-corrected chi connectivity index (χ4v) is 2.38. The molecule has 0 aliphatic rings. The van der Waals surface area contributed by atoms with Gasteiger partial charge in [0.25, 0.3) is 0 Å². The van der Waals surface area contributed by atoms with Crippen LogP contribution in [0.15, 0.2) is 24.7 Å². The zero-order chi connectivity index (χ0) is 13.8. The zero-order valence-corrected chi connectivity index (χ0v) is 12.7. The Kier molecular flexibility index (Phi) is 4.41. The number of carbonyl (C=O) groups is 1.